The van der Waals surface area contributed by atoms with Crippen molar-refractivity contribution in [2.24, 2.45) is 0 Å². The van der Waals surface area contributed by atoms with Gasteiger partial charge in [-0.15, -0.1) is 0 Å². The van der Waals surface area contributed by atoms with Gasteiger partial charge in [-0.3, -0.25) is 0 Å². The molecule has 4 nitrogen and oxygen atoms in total. The highest BCUT2D eigenvalue weighted by Crippen LogP contribution is 2.28. The van der Waals surface area contributed by atoms with E-state index in [2.05, 4.69) is 59.3 Å². The summed E-state index contributed by atoms with van der Waals surface area (Å²) in [6.45, 7) is 19.7. The summed E-state index contributed by atoms with van der Waals surface area (Å²) in [5.41, 5.74) is 0.881. The average Bonchev–Trinajstić information content (AvgIpc) is 2.51. The van der Waals surface area contributed by atoms with Crippen LogP contribution in [0.5, 0.6) is 5.75 Å². The van der Waals surface area contributed by atoms with Crippen molar-refractivity contribution >= 4 is 33.8 Å². The summed E-state index contributed by atoms with van der Waals surface area (Å²) >= 11 is 0. The maximum absolute atomic E-state index is 13.6. The van der Waals surface area contributed by atoms with Gasteiger partial charge in [0.2, 0.25) is 0 Å². The van der Waals surface area contributed by atoms with E-state index >= 15 is 0 Å². The van der Waals surface area contributed by atoms with E-state index in [1.54, 1.807) is 6.07 Å². The van der Waals surface area contributed by atoms with Crippen LogP contribution >= 0.6 is 0 Å². The molecular formula is C20H41FO4Si4. The third-order valence-electron chi connectivity index (χ3n) is 4.70. The molecule has 0 atom stereocenters. The van der Waals surface area contributed by atoms with Gasteiger partial charge in [0.1, 0.15) is 0 Å². The van der Waals surface area contributed by atoms with Gasteiger partial charge in [0.25, 0.3) is 0 Å². The predicted molar refractivity (Wildman–Crippen MR) is 129 cm³/mol. The number of hydrogen-bond donors (Lipinski definition) is 1. The normalized spacial score (nSPS) is 13.7. The molecule has 0 fully saturated rings. The second-order valence-corrected chi connectivity index (χ2v) is 26.1. The van der Waals surface area contributed by atoms with E-state index in [0.717, 1.165) is 24.1 Å². The van der Waals surface area contributed by atoms with Crippen LogP contribution in [0.15, 0.2) is 18.2 Å². The van der Waals surface area contributed by atoms with Gasteiger partial charge in [0.15, 0.2) is 28.2 Å². The van der Waals surface area contributed by atoms with E-state index < -0.39 is 39.6 Å². The first-order valence-electron chi connectivity index (χ1n) is 10.6. The van der Waals surface area contributed by atoms with Crippen molar-refractivity contribution in [2.45, 2.75) is 90.7 Å². The van der Waals surface area contributed by atoms with Crippen LogP contribution in [-0.2, 0) is 18.8 Å². The minimum Gasteiger partial charge on any atom is -0.505 e. The topological polar surface area (TPSA) is 47.9 Å². The first kappa shape index (κ1) is 26.7. The number of halogens is 1. The zero-order valence-corrected chi connectivity index (χ0v) is 23.8. The third kappa shape index (κ3) is 10.5. The predicted octanol–water partition coefficient (Wildman–Crippen LogP) is 6.74. The standard InChI is InChI=1S/C20H41FO4Si4/c1-10-11-15-26(2,3)23-28(6,7)25-29(8,9)24-27(4,5)16-14-18-12-13-20(22)19(21)17-18/h12-13,17,22H,10-11,14-16H2,1-9H3. The molecule has 168 valence electrons. The summed E-state index contributed by atoms with van der Waals surface area (Å²) in [5.74, 6) is -0.873. The summed E-state index contributed by atoms with van der Waals surface area (Å²) in [6, 6.07) is 6.63. The van der Waals surface area contributed by atoms with E-state index in [4.69, 9.17) is 12.3 Å². The van der Waals surface area contributed by atoms with Gasteiger partial charge in [-0.05, 0) is 88.6 Å². The molecule has 0 aromatic heterocycles. The Morgan fingerprint density at radius 3 is 1.83 bits per heavy atom. The molecule has 0 heterocycles. The molecule has 0 aliphatic carbocycles. The molecule has 9 heteroatoms. The molecule has 1 aromatic rings. The Bertz CT molecular complexity index is 666. The van der Waals surface area contributed by atoms with Crippen molar-refractivity contribution < 1.29 is 21.8 Å². The van der Waals surface area contributed by atoms with Crippen LogP contribution in [0.25, 0.3) is 0 Å². The number of hydrogen-bond acceptors (Lipinski definition) is 4. The smallest absolute Gasteiger partial charge is 0.312 e. The molecule has 0 spiro atoms. The van der Waals surface area contributed by atoms with Crippen LogP contribution in [0.3, 0.4) is 0 Å². The summed E-state index contributed by atoms with van der Waals surface area (Å²) < 4.78 is 33.4. The Morgan fingerprint density at radius 1 is 0.828 bits per heavy atom. The minimum atomic E-state index is -2.36. The first-order valence-corrected chi connectivity index (χ1v) is 22.5. The quantitative estimate of drug-likeness (QED) is 0.339. The monoisotopic (exact) mass is 476 g/mol. The number of benzene rings is 1. The van der Waals surface area contributed by atoms with Gasteiger partial charge >= 0.3 is 17.1 Å². The van der Waals surface area contributed by atoms with Gasteiger partial charge in [0, 0.05) is 0 Å². The summed E-state index contributed by atoms with van der Waals surface area (Å²) in [7, 11) is -8.37. The molecule has 1 rings (SSSR count). The van der Waals surface area contributed by atoms with Crippen LogP contribution in [0, 0.1) is 5.82 Å². The lowest BCUT2D eigenvalue weighted by Crippen LogP contribution is -2.56. The molecule has 0 amide bonds. The van der Waals surface area contributed by atoms with Crippen LogP contribution in [0.1, 0.15) is 25.3 Å². The Hall–Kier alpha value is -0.302. The maximum atomic E-state index is 13.6. The van der Waals surface area contributed by atoms with Gasteiger partial charge in [0.05, 0.1) is 0 Å². The van der Waals surface area contributed by atoms with Crippen molar-refractivity contribution in [3.63, 3.8) is 0 Å². The number of unbranched alkanes of at least 4 members (excludes halogenated alkanes) is 1. The van der Waals surface area contributed by atoms with Crippen LogP contribution < -0.4 is 0 Å². The highest BCUT2D eigenvalue weighted by atomic mass is 28.5. The third-order valence-corrected chi connectivity index (χ3v) is 20.0. The van der Waals surface area contributed by atoms with Crippen LogP contribution in [0.4, 0.5) is 4.39 Å². The van der Waals surface area contributed by atoms with E-state index in [9.17, 15) is 9.50 Å². The SMILES string of the molecule is CCCC[Si](C)(C)O[Si](C)(C)O[Si](C)(C)O[Si](C)(C)CCc1ccc(O)c(F)c1. The van der Waals surface area contributed by atoms with Crippen molar-refractivity contribution in [3.8, 4) is 5.75 Å². The van der Waals surface area contributed by atoms with Gasteiger partial charge in [-0.2, -0.15) is 0 Å². The van der Waals surface area contributed by atoms with Crippen LogP contribution in [0.2, 0.25) is 64.5 Å². The molecular weight excluding hydrogens is 436 g/mol. The molecule has 1 aromatic carbocycles. The van der Waals surface area contributed by atoms with E-state index in [-0.39, 0.29) is 5.75 Å². The van der Waals surface area contributed by atoms with Crippen molar-refractivity contribution in [2.75, 3.05) is 0 Å². The number of rotatable bonds is 12. The molecule has 0 aliphatic heterocycles. The summed E-state index contributed by atoms with van der Waals surface area (Å²) in [5, 5.41) is 9.35. The lowest BCUT2D eigenvalue weighted by atomic mass is 10.1. The zero-order chi connectivity index (χ0) is 22.5. The molecule has 0 saturated heterocycles. The highest BCUT2D eigenvalue weighted by molar-refractivity contribution is 6.89. The molecule has 0 saturated carbocycles. The van der Waals surface area contributed by atoms with E-state index in [1.165, 1.54) is 25.0 Å². The minimum absolute atomic E-state index is 0.305. The second kappa shape index (κ2) is 10.3. The fraction of sp³-hybridized carbons (Fsp3) is 0.700. The average molecular weight is 477 g/mol. The molecule has 0 radical (unpaired) electrons. The largest absolute Gasteiger partial charge is 0.505 e. The highest BCUT2D eigenvalue weighted by Gasteiger charge is 2.43. The number of aryl methyl sites for hydroxylation is 1. The van der Waals surface area contributed by atoms with Crippen molar-refractivity contribution in [3.05, 3.63) is 29.6 Å². The Kier molecular flexibility index (Phi) is 9.53. The number of phenols is 1. The first-order chi connectivity index (χ1) is 13.1. The molecule has 1 N–H and O–H groups in total. The fourth-order valence-electron chi connectivity index (χ4n) is 3.82. The van der Waals surface area contributed by atoms with Gasteiger partial charge in [-0.1, -0.05) is 25.8 Å². The lowest BCUT2D eigenvalue weighted by Gasteiger charge is -2.41. The fourth-order valence-corrected chi connectivity index (χ4v) is 23.2. The van der Waals surface area contributed by atoms with E-state index in [0.29, 0.717) is 0 Å². The summed E-state index contributed by atoms with van der Waals surface area (Å²) in [6.07, 6.45) is 3.13. The van der Waals surface area contributed by atoms with Crippen molar-refractivity contribution in [1.82, 2.24) is 0 Å². The zero-order valence-electron chi connectivity index (χ0n) is 19.8. The van der Waals surface area contributed by atoms with Crippen molar-refractivity contribution in [1.29, 1.82) is 0 Å². The Balaban J connectivity index is 2.68. The maximum Gasteiger partial charge on any atom is 0.312 e. The lowest BCUT2D eigenvalue weighted by molar-refractivity contribution is 0.327. The van der Waals surface area contributed by atoms with Gasteiger partial charge < -0.3 is 17.5 Å². The molecule has 0 aliphatic rings. The van der Waals surface area contributed by atoms with E-state index in [1.807, 2.05) is 0 Å². The number of phenolic OH excluding ortho intramolecular Hbond substituents is 1. The Labute approximate surface area is 181 Å². The Morgan fingerprint density at radius 2 is 1.34 bits per heavy atom. The number of aromatic hydroxyl groups is 1. The second-order valence-electron chi connectivity index (χ2n) is 10.0. The molecule has 0 bridgehead atoms. The molecule has 0 unspecified atom stereocenters. The van der Waals surface area contributed by atoms with Crippen LogP contribution in [-0.4, -0.2) is 38.9 Å². The molecule has 29 heavy (non-hydrogen) atoms. The summed E-state index contributed by atoms with van der Waals surface area (Å²) in [4.78, 5) is 0. The van der Waals surface area contributed by atoms with Gasteiger partial charge in [-0.25, -0.2) is 4.39 Å².